The molecule has 2 aromatic rings. The maximum Gasteiger partial charge on any atom is 0.261 e. The first kappa shape index (κ1) is 17.4. The monoisotopic (exact) mass is 353 g/mol. The fraction of sp³-hybridized carbons (Fsp3) is 0.235. The van der Waals surface area contributed by atoms with E-state index in [-0.39, 0.29) is 5.91 Å². The third kappa shape index (κ3) is 5.05. The summed E-state index contributed by atoms with van der Waals surface area (Å²) < 4.78 is 10.7. The summed E-state index contributed by atoms with van der Waals surface area (Å²) in [5, 5.41) is 3.71. The molecule has 0 bridgehead atoms. The number of methoxy groups -OCH3 is 1. The van der Waals surface area contributed by atoms with Crippen molar-refractivity contribution in [2.45, 2.75) is 19.6 Å². The zero-order valence-corrected chi connectivity index (χ0v) is 14.3. The molecule has 0 spiro atoms. The Balaban J connectivity index is 1.90. The van der Waals surface area contributed by atoms with E-state index in [4.69, 9.17) is 32.7 Å². The van der Waals surface area contributed by atoms with Gasteiger partial charge in [-0.2, -0.15) is 0 Å². The van der Waals surface area contributed by atoms with Crippen LogP contribution in [0, 0.1) is 0 Å². The van der Waals surface area contributed by atoms with Crippen LogP contribution in [0.2, 0.25) is 10.0 Å². The van der Waals surface area contributed by atoms with Gasteiger partial charge in [-0.15, -0.1) is 0 Å². The summed E-state index contributed by atoms with van der Waals surface area (Å²) in [6, 6.07) is 12.3. The van der Waals surface area contributed by atoms with Crippen LogP contribution >= 0.6 is 23.2 Å². The lowest BCUT2D eigenvalue weighted by Crippen LogP contribution is -2.35. The third-order valence-corrected chi connectivity index (χ3v) is 3.74. The normalized spacial score (nSPS) is 11.7. The Kier molecular flexibility index (Phi) is 6.13. The van der Waals surface area contributed by atoms with Crippen LogP contribution in [0.15, 0.2) is 42.5 Å². The second kappa shape index (κ2) is 8.09. The molecule has 0 saturated carbocycles. The predicted octanol–water partition coefficient (Wildman–Crippen LogP) is 4.09. The maximum atomic E-state index is 12.1. The molecule has 23 heavy (non-hydrogen) atoms. The molecule has 0 heterocycles. The van der Waals surface area contributed by atoms with Crippen LogP contribution in [0.5, 0.6) is 11.5 Å². The Morgan fingerprint density at radius 3 is 2.52 bits per heavy atom. The van der Waals surface area contributed by atoms with Crippen molar-refractivity contribution < 1.29 is 14.3 Å². The smallest absolute Gasteiger partial charge is 0.261 e. The fourth-order valence-electron chi connectivity index (χ4n) is 1.89. The lowest BCUT2D eigenvalue weighted by molar-refractivity contribution is -0.127. The van der Waals surface area contributed by atoms with E-state index in [2.05, 4.69) is 5.32 Å². The molecule has 0 aromatic heterocycles. The Labute approximate surface area is 145 Å². The van der Waals surface area contributed by atoms with E-state index >= 15 is 0 Å². The van der Waals surface area contributed by atoms with Crippen LogP contribution in [0.25, 0.3) is 0 Å². The van der Waals surface area contributed by atoms with E-state index in [9.17, 15) is 4.79 Å². The van der Waals surface area contributed by atoms with Crippen molar-refractivity contribution in [3.05, 3.63) is 58.1 Å². The zero-order chi connectivity index (χ0) is 16.8. The highest BCUT2D eigenvalue weighted by molar-refractivity contribution is 6.34. The molecule has 122 valence electrons. The number of ether oxygens (including phenoxy) is 2. The van der Waals surface area contributed by atoms with Crippen molar-refractivity contribution in [1.29, 1.82) is 0 Å². The molecule has 0 radical (unpaired) electrons. The Morgan fingerprint density at radius 2 is 1.87 bits per heavy atom. The molecule has 0 unspecified atom stereocenters. The average molecular weight is 354 g/mol. The topological polar surface area (TPSA) is 47.6 Å². The molecule has 1 amide bonds. The molecule has 1 atom stereocenters. The minimum Gasteiger partial charge on any atom is -0.497 e. The number of amides is 1. The first-order chi connectivity index (χ1) is 11.0. The van der Waals surface area contributed by atoms with Gasteiger partial charge in [0.05, 0.1) is 12.1 Å². The molecular formula is C17H17Cl2NO3. The molecule has 2 aromatic carbocycles. The van der Waals surface area contributed by atoms with E-state index in [1.807, 2.05) is 24.3 Å². The number of hydrogen-bond donors (Lipinski definition) is 1. The highest BCUT2D eigenvalue weighted by Crippen LogP contribution is 2.28. The van der Waals surface area contributed by atoms with E-state index < -0.39 is 6.10 Å². The highest BCUT2D eigenvalue weighted by Gasteiger charge is 2.16. The van der Waals surface area contributed by atoms with Crippen molar-refractivity contribution in [3.63, 3.8) is 0 Å². The van der Waals surface area contributed by atoms with Gasteiger partial charge in [-0.25, -0.2) is 0 Å². The predicted molar refractivity (Wildman–Crippen MR) is 91.4 cm³/mol. The van der Waals surface area contributed by atoms with Gasteiger partial charge >= 0.3 is 0 Å². The summed E-state index contributed by atoms with van der Waals surface area (Å²) in [6.07, 6.45) is -0.691. The van der Waals surface area contributed by atoms with E-state index in [0.717, 1.165) is 11.3 Å². The second-order valence-electron chi connectivity index (χ2n) is 4.90. The lowest BCUT2D eigenvalue weighted by atomic mass is 10.2. The van der Waals surface area contributed by atoms with Crippen LogP contribution in [0.3, 0.4) is 0 Å². The number of halogens is 2. The molecule has 0 aliphatic carbocycles. The van der Waals surface area contributed by atoms with Gasteiger partial charge in [0.25, 0.3) is 5.91 Å². The van der Waals surface area contributed by atoms with Crippen LogP contribution in [0.1, 0.15) is 12.5 Å². The van der Waals surface area contributed by atoms with Crippen LogP contribution < -0.4 is 14.8 Å². The first-order valence-corrected chi connectivity index (χ1v) is 7.77. The summed E-state index contributed by atoms with van der Waals surface area (Å²) in [6.45, 7) is 2.06. The lowest BCUT2D eigenvalue weighted by Gasteiger charge is -2.16. The highest BCUT2D eigenvalue weighted by atomic mass is 35.5. The summed E-state index contributed by atoms with van der Waals surface area (Å²) in [5.41, 5.74) is 0.965. The quantitative estimate of drug-likeness (QED) is 0.850. The Morgan fingerprint density at radius 1 is 1.17 bits per heavy atom. The average Bonchev–Trinajstić information content (AvgIpc) is 2.56. The van der Waals surface area contributed by atoms with Gasteiger partial charge in [0, 0.05) is 17.6 Å². The van der Waals surface area contributed by atoms with E-state index in [1.54, 1.807) is 32.2 Å². The van der Waals surface area contributed by atoms with Crippen molar-refractivity contribution in [3.8, 4) is 11.5 Å². The minimum absolute atomic E-state index is 0.239. The molecule has 1 N–H and O–H groups in total. The first-order valence-electron chi connectivity index (χ1n) is 7.02. The SMILES string of the molecule is COc1ccc(CNC(=O)[C@@H](C)Oc2cc(Cl)ccc2Cl)cc1. The molecular weight excluding hydrogens is 337 g/mol. The number of carbonyl (C=O) groups excluding carboxylic acids is 1. The number of rotatable bonds is 6. The van der Waals surface area contributed by atoms with Gasteiger partial charge in [-0.05, 0) is 36.8 Å². The largest absolute Gasteiger partial charge is 0.497 e. The number of carbonyl (C=O) groups is 1. The van der Waals surface area contributed by atoms with Crippen LogP contribution in [-0.4, -0.2) is 19.1 Å². The van der Waals surface area contributed by atoms with Crippen LogP contribution in [0.4, 0.5) is 0 Å². The number of benzene rings is 2. The summed E-state index contributed by atoms with van der Waals surface area (Å²) in [5.74, 6) is 0.913. The Bertz CT molecular complexity index is 674. The molecule has 2 rings (SSSR count). The molecule has 0 fully saturated rings. The maximum absolute atomic E-state index is 12.1. The molecule has 6 heteroatoms. The fourth-order valence-corrected chi connectivity index (χ4v) is 2.21. The number of nitrogens with one attached hydrogen (secondary N) is 1. The van der Waals surface area contributed by atoms with Gasteiger partial charge in [0.2, 0.25) is 0 Å². The van der Waals surface area contributed by atoms with E-state index in [0.29, 0.717) is 22.3 Å². The van der Waals surface area contributed by atoms with Gasteiger partial charge in [-0.3, -0.25) is 4.79 Å². The number of hydrogen-bond acceptors (Lipinski definition) is 3. The van der Waals surface area contributed by atoms with Gasteiger partial charge in [0.1, 0.15) is 11.5 Å². The van der Waals surface area contributed by atoms with Gasteiger partial charge < -0.3 is 14.8 Å². The van der Waals surface area contributed by atoms with Crippen LogP contribution in [-0.2, 0) is 11.3 Å². The summed E-state index contributed by atoms with van der Waals surface area (Å²) in [4.78, 5) is 12.1. The standard InChI is InChI=1S/C17H17Cl2NO3/c1-11(23-16-9-13(18)5-8-15(16)19)17(21)20-10-12-3-6-14(22-2)7-4-12/h3-9,11H,10H2,1-2H3,(H,20,21)/t11-/m1/s1. The minimum atomic E-state index is -0.691. The van der Waals surface area contributed by atoms with Gasteiger partial charge in [0.15, 0.2) is 6.10 Å². The third-order valence-electron chi connectivity index (χ3n) is 3.19. The summed E-state index contributed by atoms with van der Waals surface area (Å²) in [7, 11) is 1.61. The van der Waals surface area contributed by atoms with Crippen molar-refractivity contribution in [1.82, 2.24) is 5.32 Å². The van der Waals surface area contributed by atoms with Crippen molar-refractivity contribution >= 4 is 29.1 Å². The summed E-state index contributed by atoms with van der Waals surface area (Å²) >= 11 is 11.9. The van der Waals surface area contributed by atoms with E-state index in [1.165, 1.54) is 0 Å². The van der Waals surface area contributed by atoms with Crippen molar-refractivity contribution in [2.75, 3.05) is 7.11 Å². The molecule has 0 saturated heterocycles. The molecule has 4 nitrogen and oxygen atoms in total. The van der Waals surface area contributed by atoms with Gasteiger partial charge in [-0.1, -0.05) is 35.3 Å². The molecule has 0 aliphatic rings. The van der Waals surface area contributed by atoms with Crippen molar-refractivity contribution in [2.24, 2.45) is 0 Å². The second-order valence-corrected chi connectivity index (χ2v) is 5.74. The Hall–Kier alpha value is -1.91. The zero-order valence-electron chi connectivity index (χ0n) is 12.8. The molecule has 0 aliphatic heterocycles.